The number of esters is 1. The van der Waals surface area contributed by atoms with Crippen molar-refractivity contribution in [2.24, 2.45) is 0 Å². The van der Waals surface area contributed by atoms with Crippen molar-refractivity contribution in [1.29, 1.82) is 0 Å². The summed E-state index contributed by atoms with van der Waals surface area (Å²) in [7, 11) is 0.924. The van der Waals surface area contributed by atoms with E-state index in [2.05, 4.69) is 9.47 Å². The van der Waals surface area contributed by atoms with Crippen molar-refractivity contribution in [2.45, 2.75) is 24.8 Å². The molecule has 0 aliphatic heterocycles. The maximum absolute atomic E-state index is 12.9. The Morgan fingerprint density at radius 2 is 2.00 bits per heavy atom. The average Bonchev–Trinajstić information content (AvgIpc) is 2.16. The molecule has 0 heterocycles. The zero-order chi connectivity index (χ0) is 12.4. The Balaban J connectivity index is 3.09. The highest BCUT2D eigenvalue weighted by Gasteiger charge is 2.60. The molecule has 0 saturated heterocycles. The normalized spacial score (nSPS) is 29.2. The molecule has 6 heteroatoms. The van der Waals surface area contributed by atoms with Crippen LogP contribution in [0.4, 0.5) is 13.2 Å². The number of hydrogen-bond donors (Lipinski definition) is 0. The van der Waals surface area contributed by atoms with E-state index in [1.54, 1.807) is 0 Å². The summed E-state index contributed by atoms with van der Waals surface area (Å²) in [5, 5.41) is 0. The zero-order valence-corrected chi connectivity index (χ0v) is 8.75. The number of halogens is 3. The Labute approximate surface area is 90.5 Å². The van der Waals surface area contributed by atoms with E-state index < -0.39 is 23.9 Å². The van der Waals surface area contributed by atoms with Crippen molar-refractivity contribution in [1.82, 2.24) is 0 Å². The van der Waals surface area contributed by atoms with E-state index in [1.807, 2.05) is 0 Å². The van der Waals surface area contributed by atoms with E-state index in [0.29, 0.717) is 0 Å². The molecule has 90 valence electrons. The lowest BCUT2D eigenvalue weighted by Gasteiger charge is -2.37. The molecular formula is C10H11F3O3. The largest absolute Gasteiger partial charge is 0.454 e. The van der Waals surface area contributed by atoms with E-state index in [9.17, 15) is 18.0 Å². The van der Waals surface area contributed by atoms with Gasteiger partial charge in [-0.1, -0.05) is 12.2 Å². The third-order valence-corrected chi connectivity index (χ3v) is 2.24. The van der Waals surface area contributed by atoms with Gasteiger partial charge in [0.15, 0.2) is 6.10 Å². The van der Waals surface area contributed by atoms with E-state index in [-0.39, 0.29) is 0 Å². The maximum Gasteiger partial charge on any atom is 0.425 e. The van der Waals surface area contributed by atoms with Crippen LogP contribution in [0.15, 0.2) is 24.3 Å². The first-order chi connectivity index (χ1) is 7.33. The lowest BCUT2D eigenvalue weighted by Crippen LogP contribution is -2.55. The van der Waals surface area contributed by atoms with Crippen molar-refractivity contribution in [3.05, 3.63) is 24.3 Å². The van der Waals surface area contributed by atoms with Gasteiger partial charge in [0, 0.05) is 14.0 Å². The number of allylic oxidation sites excluding steroid dienone is 2. The number of carbonyl (C=O) groups excluding carboxylic acids is 1. The first-order valence-corrected chi connectivity index (χ1v) is 4.48. The third-order valence-electron chi connectivity index (χ3n) is 2.24. The van der Waals surface area contributed by atoms with Crippen LogP contribution in [0.3, 0.4) is 0 Å². The second-order valence-electron chi connectivity index (χ2n) is 3.27. The molecule has 2 atom stereocenters. The first kappa shape index (κ1) is 12.8. The summed E-state index contributed by atoms with van der Waals surface area (Å²) < 4.78 is 47.8. The molecule has 3 nitrogen and oxygen atoms in total. The highest BCUT2D eigenvalue weighted by molar-refractivity contribution is 5.66. The van der Waals surface area contributed by atoms with Gasteiger partial charge in [-0.15, -0.1) is 0 Å². The Hall–Kier alpha value is -1.30. The summed E-state index contributed by atoms with van der Waals surface area (Å²) in [6, 6.07) is 0. The van der Waals surface area contributed by atoms with Gasteiger partial charge in [-0.05, 0) is 12.2 Å². The van der Waals surface area contributed by atoms with E-state index in [1.165, 1.54) is 12.2 Å². The molecule has 1 aliphatic carbocycles. The zero-order valence-electron chi connectivity index (χ0n) is 8.75. The molecule has 0 saturated carbocycles. The molecule has 0 fully saturated rings. The lowest BCUT2D eigenvalue weighted by atomic mass is 9.91. The number of rotatable bonds is 2. The Morgan fingerprint density at radius 1 is 1.38 bits per heavy atom. The fourth-order valence-corrected chi connectivity index (χ4v) is 1.46. The highest BCUT2D eigenvalue weighted by Crippen LogP contribution is 2.40. The maximum atomic E-state index is 12.9. The number of ether oxygens (including phenoxy) is 2. The van der Waals surface area contributed by atoms with Gasteiger partial charge in [0.25, 0.3) is 0 Å². The number of carbonyl (C=O) groups is 1. The van der Waals surface area contributed by atoms with Gasteiger partial charge >= 0.3 is 12.1 Å². The van der Waals surface area contributed by atoms with Crippen molar-refractivity contribution in [3.8, 4) is 0 Å². The first-order valence-electron chi connectivity index (χ1n) is 4.48. The standard InChI is InChI=1S/C10H11F3O3/c1-7(14)16-8-5-3-4-6-9(8,15-2)10(11,12)13/h3-6,8H,1-2H3. The van der Waals surface area contributed by atoms with Crippen LogP contribution in [0.25, 0.3) is 0 Å². The molecule has 0 aromatic heterocycles. The summed E-state index contributed by atoms with van der Waals surface area (Å²) in [6.45, 7) is 1.04. The SMILES string of the molecule is COC1(C(F)(F)F)C=CC=CC1OC(C)=O. The van der Waals surface area contributed by atoms with Gasteiger partial charge in [-0.25, -0.2) is 0 Å². The Morgan fingerprint density at radius 3 is 2.44 bits per heavy atom. The molecule has 0 N–H and O–H groups in total. The quantitative estimate of drug-likeness (QED) is 0.688. The van der Waals surface area contributed by atoms with Crippen LogP contribution in [0.2, 0.25) is 0 Å². The van der Waals surface area contributed by atoms with Crippen LogP contribution < -0.4 is 0 Å². The number of methoxy groups -OCH3 is 1. The Bertz CT molecular complexity index is 333. The molecule has 2 unspecified atom stereocenters. The van der Waals surface area contributed by atoms with E-state index in [4.69, 9.17) is 0 Å². The van der Waals surface area contributed by atoms with Gasteiger partial charge in [0.2, 0.25) is 5.60 Å². The van der Waals surface area contributed by atoms with Crippen molar-refractivity contribution < 1.29 is 27.4 Å². The van der Waals surface area contributed by atoms with Crippen LogP contribution in [0.1, 0.15) is 6.92 Å². The summed E-state index contributed by atoms with van der Waals surface area (Å²) in [6.07, 6.45) is -1.62. The summed E-state index contributed by atoms with van der Waals surface area (Å²) in [5.74, 6) is -0.796. The van der Waals surface area contributed by atoms with Crippen LogP contribution in [0, 0.1) is 0 Å². The second kappa shape index (κ2) is 4.29. The number of hydrogen-bond acceptors (Lipinski definition) is 3. The van der Waals surface area contributed by atoms with Crippen molar-refractivity contribution in [2.75, 3.05) is 7.11 Å². The molecule has 0 aromatic rings. The summed E-state index contributed by atoms with van der Waals surface area (Å²) in [4.78, 5) is 10.7. The van der Waals surface area contributed by atoms with Gasteiger partial charge < -0.3 is 9.47 Å². The van der Waals surface area contributed by atoms with Gasteiger partial charge in [-0.2, -0.15) is 13.2 Å². The van der Waals surface area contributed by atoms with Gasteiger partial charge in [0.1, 0.15) is 0 Å². The molecule has 16 heavy (non-hydrogen) atoms. The van der Waals surface area contributed by atoms with Crippen LogP contribution in [-0.4, -0.2) is 31.0 Å². The molecule has 1 rings (SSSR count). The monoisotopic (exact) mass is 236 g/mol. The minimum absolute atomic E-state index is 0.796. The molecule has 0 aromatic carbocycles. The minimum Gasteiger partial charge on any atom is -0.454 e. The van der Waals surface area contributed by atoms with E-state index in [0.717, 1.165) is 26.2 Å². The van der Waals surface area contributed by atoms with Gasteiger partial charge in [0.05, 0.1) is 0 Å². The lowest BCUT2D eigenvalue weighted by molar-refractivity contribution is -0.274. The molecular weight excluding hydrogens is 225 g/mol. The molecule has 0 radical (unpaired) electrons. The molecule has 0 amide bonds. The van der Waals surface area contributed by atoms with Crippen LogP contribution >= 0.6 is 0 Å². The van der Waals surface area contributed by atoms with Gasteiger partial charge in [-0.3, -0.25) is 4.79 Å². The van der Waals surface area contributed by atoms with E-state index >= 15 is 0 Å². The number of alkyl halides is 3. The molecule has 0 spiro atoms. The summed E-state index contributed by atoms with van der Waals surface area (Å²) in [5.41, 5.74) is -2.60. The smallest absolute Gasteiger partial charge is 0.425 e. The predicted octanol–water partition coefficient (Wildman–Crippen LogP) is 1.99. The van der Waals surface area contributed by atoms with Crippen LogP contribution in [-0.2, 0) is 14.3 Å². The van der Waals surface area contributed by atoms with Crippen LogP contribution in [0.5, 0.6) is 0 Å². The predicted molar refractivity (Wildman–Crippen MR) is 49.6 cm³/mol. The fraction of sp³-hybridized carbons (Fsp3) is 0.500. The average molecular weight is 236 g/mol. The molecule has 1 aliphatic rings. The highest BCUT2D eigenvalue weighted by atomic mass is 19.4. The second-order valence-corrected chi connectivity index (χ2v) is 3.27. The topological polar surface area (TPSA) is 35.5 Å². The Kier molecular flexibility index (Phi) is 3.42. The third kappa shape index (κ3) is 2.11. The molecule has 0 bridgehead atoms. The van der Waals surface area contributed by atoms with Crippen molar-refractivity contribution >= 4 is 5.97 Å². The minimum atomic E-state index is -4.66. The summed E-state index contributed by atoms with van der Waals surface area (Å²) >= 11 is 0. The van der Waals surface area contributed by atoms with Crippen molar-refractivity contribution in [3.63, 3.8) is 0 Å². The fourth-order valence-electron chi connectivity index (χ4n) is 1.46.